The van der Waals surface area contributed by atoms with E-state index < -0.39 is 0 Å². The number of carbonyl (C=O) groups excluding carboxylic acids is 1. The van der Waals surface area contributed by atoms with Gasteiger partial charge < -0.3 is 24.3 Å². The SMILES string of the molecule is CC(Oc1ccc2[nH]nc(-c3cnc(N4CCN(C(=O)N5CCN(C)CC5)CC4)nc3)c2c1)c1c(Cl)cncc1Cl. The quantitative estimate of drug-likeness (QED) is 0.363. The number of likely N-dealkylation sites (N-methyl/N-ethyl adjacent to an activating group) is 1. The van der Waals surface area contributed by atoms with Gasteiger partial charge in [-0.1, -0.05) is 23.2 Å². The Morgan fingerprint density at radius 3 is 2.22 bits per heavy atom. The van der Waals surface area contributed by atoms with Crippen LogP contribution in [-0.2, 0) is 0 Å². The van der Waals surface area contributed by atoms with Crippen LogP contribution in [0, 0.1) is 0 Å². The second-order valence-corrected chi connectivity index (χ2v) is 11.2. The van der Waals surface area contributed by atoms with Crippen LogP contribution in [-0.4, -0.2) is 105 Å². The van der Waals surface area contributed by atoms with E-state index in [0.717, 1.165) is 48.3 Å². The molecule has 2 amide bonds. The topological polar surface area (TPSA) is 107 Å². The molecule has 2 fully saturated rings. The molecule has 0 saturated carbocycles. The molecule has 5 heterocycles. The first-order valence-corrected chi connectivity index (χ1v) is 14.4. The molecule has 11 nitrogen and oxygen atoms in total. The van der Waals surface area contributed by atoms with Crippen molar-refractivity contribution in [1.29, 1.82) is 0 Å². The number of H-pyrrole nitrogens is 1. The number of hydrogen-bond donors (Lipinski definition) is 1. The average Bonchev–Trinajstić information content (AvgIpc) is 3.41. The maximum atomic E-state index is 12.9. The van der Waals surface area contributed by atoms with Crippen molar-refractivity contribution in [3.63, 3.8) is 0 Å². The number of urea groups is 1. The molecule has 214 valence electrons. The van der Waals surface area contributed by atoms with E-state index in [0.29, 0.717) is 53.5 Å². The van der Waals surface area contributed by atoms with Crippen LogP contribution < -0.4 is 9.64 Å². The van der Waals surface area contributed by atoms with Crippen molar-refractivity contribution in [2.45, 2.75) is 13.0 Å². The molecule has 0 bridgehead atoms. The standard InChI is InChI=1S/C28H31Cl2N9O2/c1-18(25-22(29)16-31-17-23(25)30)41-20-3-4-24-21(13-20)26(35-34-24)19-14-32-27(33-15-19)37-9-11-39(12-10-37)28(40)38-7-5-36(2)6-8-38/h3-4,13-18H,5-12H2,1-2H3,(H,34,35). The predicted octanol–water partition coefficient (Wildman–Crippen LogP) is 4.35. The molecule has 1 atom stereocenters. The zero-order chi connectivity index (χ0) is 28.5. The van der Waals surface area contributed by atoms with E-state index in [4.69, 9.17) is 27.9 Å². The Balaban J connectivity index is 1.12. The van der Waals surface area contributed by atoms with E-state index in [9.17, 15) is 4.79 Å². The number of piperazine rings is 2. The van der Waals surface area contributed by atoms with E-state index in [2.05, 4.69) is 42.0 Å². The lowest BCUT2D eigenvalue weighted by Gasteiger charge is -2.39. The molecule has 0 radical (unpaired) electrons. The number of halogens is 2. The van der Waals surface area contributed by atoms with Crippen molar-refractivity contribution in [2.75, 3.05) is 64.3 Å². The second kappa shape index (κ2) is 11.7. The zero-order valence-electron chi connectivity index (χ0n) is 22.9. The summed E-state index contributed by atoms with van der Waals surface area (Å²) in [4.78, 5) is 34.5. The molecule has 6 rings (SSSR count). The summed E-state index contributed by atoms with van der Waals surface area (Å²) in [5, 5.41) is 9.38. The minimum atomic E-state index is -0.384. The van der Waals surface area contributed by atoms with Crippen molar-refractivity contribution in [3.8, 4) is 17.0 Å². The third kappa shape index (κ3) is 5.74. The van der Waals surface area contributed by atoms with Gasteiger partial charge >= 0.3 is 6.03 Å². The molecule has 13 heteroatoms. The second-order valence-electron chi connectivity index (χ2n) is 10.4. The number of fused-ring (bicyclic) bond motifs is 1. The molecule has 3 aromatic heterocycles. The summed E-state index contributed by atoms with van der Waals surface area (Å²) in [6.45, 7) is 7.96. The van der Waals surface area contributed by atoms with E-state index in [-0.39, 0.29) is 12.1 Å². The number of amides is 2. The summed E-state index contributed by atoms with van der Waals surface area (Å²) in [6, 6.07) is 5.85. The van der Waals surface area contributed by atoms with Gasteiger partial charge in [0, 0.05) is 93.7 Å². The minimum absolute atomic E-state index is 0.129. The fourth-order valence-corrected chi connectivity index (χ4v) is 5.93. The van der Waals surface area contributed by atoms with E-state index in [1.165, 1.54) is 0 Å². The highest BCUT2D eigenvalue weighted by Gasteiger charge is 2.28. The fourth-order valence-electron chi connectivity index (χ4n) is 5.26. The number of benzene rings is 1. The molecule has 4 aromatic rings. The van der Waals surface area contributed by atoms with Crippen LogP contribution in [0.5, 0.6) is 5.75 Å². The Bertz CT molecular complexity index is 1510. The molecule has 2 aliphatic rings. The number of hydrogen-bond acceptors (Lipinski definition) is 8. The van der Waals surface area contributed by atoms with E-state index in [1.807, 2.05) is 34.9 Å². The zero-order valence-corrected chi connectivity index (χ0v) is 24.4. The third-order valence-electron chi connectivity index (χ3n) is 7.66. The van der Waals surface area contributed by atoms with Gasteiger partial charge in [0.05, 0.1) is 15.6 Å². The molecule has 1 N–H and O–H groups in total. The molecule has 2 aliphatic heterocycles. The van der Waals surface area contributed by atoms with Gasteiger partial charge in [0.2, 0.25) is 5.95 Å². The van der Waals surface area contributed by atoms with Gasteiger partial charge in [-0.25, -0.2) is 14.8 Å². The van der Waals surface area contributed by atoms with Crippen molar-refractivity contribution >= 4 is 46.1 Å². The lowest BCUT2D eigenvalue weighted by molar-refractivity contribution is 0.120. The Morgan fingerprint density at radius 2 is 1.56 bits per heavy atom. The van der Waals surface area contributed by atoms with Gasteiger partial charge in [-0.2, -0.15) is 5.10 Å². The van der Waals surface area contributed by atoms with Gasteiger partial charge in [-0.3, -0.25) is 10.1 Å². The number of ether oxygens (including phenoxy) is 1. The highest BCUT2D eigenvalue weighted by Crippen LogP contribution is 2.34. The summed E-state index contributed by atoms with van der Waals surface area (Å²) in [6.07, 6.45) is 6.29. The van der Waals surface area contributed by atoms with E-state index >= 15 is 0 Å². The predicted molar refractivity (Wildman–Crippen MR) is 159 cm³/mol. The number of carbonyl (C=O) groups is 1. The normalized spacial score (nSPS) is 17.2. The van der Waals surface area contributed by atoms with Crippen molar-refractivity contribution in [2.24, 2.45) is 0 Å². The van der Waals surface area contributed by atoms with Crippen LogP contribution in [0.1, 0.15) is 18.6 Å². The van der Waals surface area contributed by atoms with Crippen molar-refractivity contribution in [1.82, 2.24) is 39.8 Å². The lowest BCUT2D eigenvalue weighted by atomic mass is 10.1. The van der Waals surface area contributed by atoms with Gasteiger partial charge in [-0.15, -0.1) is 0 Å². The molecule has 1 unspecified atom stereocenters. The van der Waals surface area contributed by atoms with Gasteiger partial charge in [0.15, 0.2) is 0 Å². The number of pyridine rings is 1. The number of anilines is 1. The molecule has 0 spiro atoms. The molecule has 1 aromatic carbocycles. The van der Waals surface area contributed by atoms with E-state index in [1.54, 1.807) is 24.8 Å². The minimum Gasteiger partial charge on any atom is -0.486 e. The molecular weight excluding hydrogens is 565 g/mol. The van der Waals surface area contributed by atoms with Crippen LogP contribution in [0.4, 0.5) is 10.7 Å². The first-order valence-electron chi connectivity index (χ1n) is 13.6. The fraction of sp³-hybridized carbons (Fsp3) is 0.393. The van der Waals surface area contributed by atoms with Crippen molar-refractivity contribution in [3.05, 3.63) is 58.6 Å². The molecular formula is C28H31Cl2N9O2. The summed E-state index contributed by atoms with van der Waals surface area (Å²) in [7, 11) is 2.09. The summed E-state index contributed by atoms with van der Waals surface area (Å²) in [5.74, 6) is 1.29. The Labute approximate surface area is 248 Å². The summed E-state index contributed by atoms with van der Waals surface area (Å²) < 4.78 is 6.19. The van der Waals surface area contributed by atoms with Crippen LogP contribution in [0.3, 0.4) is 0 Å². The average molecular weight is 597 g/mol. The first-order chi connectivity index (χ1) is 19.9. The number of nitrogens with one attached hydrogen (secondary N) is 1. The maximum absolute atomic E-state index is 12.9. The van der Waals surface area contributed by atoms with Crippen LogP contribution in [0.2, 0.25) is 10.0 Å². The van der Waals surface area contributed by atoms with Gasteiger partial charge in [-0.05, 0) is 32.2 Å². The monoisotopic (exact) mass is 595 g/mol. The van der Waals surface area contributed by atoms with Gasteiger partial charge in [0.1, 0.15) is 17.5 Å². The molecule has 2 saturated heterocycles. The number of nitrogens with zero attached hydrogens (tertiary/aromatic N) is 8. The smallest absolute Gasteiger partial charge is 0.320 e. The van der Waals surface area contributed by atoms with Crippen LogP contribution in [0.15, 0.2) is 43.0 Å². The molecule has 41 heavy (non-hydrogen) atoms. The lowest BCUT2D eigenvalue weighted by Crippen LogP contribution is -2.56. The highest BCUT2D eigenvalue weighted by molar-refractivity contribution is 6.35. The molecule has 0 aliphatic carbocycles. The largest absolute Gasteiger partial charge is 0.486 e. The Morgan fingerprint density at radius 1 is 0.927 bits per heavy atom. The number of aromatic nitrogens is 5. The van der Waals surface area contributed by atoms with Crippen molar-refractivity contribution < 1.29 is 9.53 Å². The van der Waals surface area contributed by atoms with Gasteiger partial charge in [0.25, 0.3) is 0 Å². The first kappa shape index (κ1) is 27.5. The Kier molecular flexibility index (Phi) is 7.83. The summed E-state index contributed by atoms with van der Waals surface area (Å²) >= 11 is 12.6. The van der Waals surface area contributed by atoms with Crippen LogP contribution in [0.25, 0.3) is 22.2 Å². The Hall–Kier alpha value is -3.67. The maximum Gasteiger partial charge on any atom is 0.320 e. The summed E-state index contributed by atoms with van der Waals surface area (Å²) in [5.41, 5.74) is 3.07. The third-order valence-corrected chi connectivity index (χ3v) is 8.26. The van der Waals surface area contributed by atoms with Crippen LogP contribution >= 0.6 is 23.2 Å². The highest BCUT2D eigenvalue weighted by atomic mass is 35.5. The number of aromatic amines is 1. The number of rotatable bonds is 5.